The van der Waals surface area contributed by atoms with Gasteiger partial charge in [0, 0.05) is 36.1 Å². The van der Waals surface area contributed by atoms with Crippen molar-refractivity contribution in [2.75, 3.05) is 6.54 Å². The average molecular weight is 260 g/mol. The molecule has 0 spiro atoms. The van der Waals surface area contributed by atoms with E-state index in [4.69, 9.17) is 5.11 Å². The van der Waals surface area contributed by atoms with Crippen LogP contribution in [0.2, 0.25) is 0 Å². The van der Waals surface area contributed by atoms with Crippen LogP contribution in [0.5, 0.6) is 0 Å². The molecule has 2 rings (SSSR count). The lowest BCUT2D eigenvalue weighted by molar-refractivity contribution is -0.131. The number of hydrogen-bond donors (Lipinski definition) is 2. The van der Waals surface area contributed by atoms with E-state index in [1.807, 2.05) is 0 Å². The van der Waals surface area contributed by atoms with Gasteiger partial charge in [-0.1, -0.05) is 6.92 Å². The van der Waals surface area contributed by atoms with E-state index in [2.05, 4.69) is 17.2 Å². The molecule has 1 amide bonds. The molecule has 0 aliphatic heterocycles. The maximum absolute atomic E-state index is 12.0. The van der Waals surface area contributed by atoms with E-state index in [0.717, 1.165) is 12.5 Å². The van der Waals surface area contributed by atoms with Gasteiger partial charge in [-0.3, -0.25) is 9.78 Å². The van der Waals surface area contributed by atoms with Crippen LogP contribution in [0.4, 0.5) is 0 Å². The second-order valence-corrected chi connectivity index (χ2v) is 4.82. The molecule has 5 nitrogen and oxygen atoms in total. The molecular formula is C14H16N2O3. The number of carboxylic acid groups (broad SMARTS) is 1. The number of carboxylic acids is 1. The fraction of sp³-hybridized carbons (Fsp3) is 0.357. The first-order valence-electron chi connectivity index (χ1n) is 6.21. The summed E-state index contributed by atoms with van der Waals surface area (Å²) in [6.45, 7) is 2.83. The third-order valence-corrected chi connectivity index (χ3v) is 3.30. The second kappa shape index (κ2) is 5.65. The van der Waals surface area contributed by atoms with Crippen LogP contribution < -0.4 is 5.32 Å². The predicted molar refractivity (Wildman–Crippen MR) is 70.5 cm³/mol. The highest BCUT2D eigenvalue weighted by Crippen LogP contribution is 2.36. The van der Waals surface area contributed by atoms with Crippen molar-refractivity contribution in [3.63, 3.8) is 0 Å². The molecule has 1 aliphatic rings. The van der Waals surface area contributed by atoms with Crippen molar-refractivity contribution >= 4 is 18.0 Å². The summed E-state index contributed by atoms with van der Waals surface area (Å²) in [6, 6.07) is 1.59. The van der Waals surface area contributed by atoms with E-state index in [9.17, 15) is 9.59 Å². The van der Waals surface area contributed by atoms with Gasteiger partial charge in [-0.25, -0.2) is 4.79 Å². The van der Waals surface area contributed by atoms with Crippen molar-refractivity contribution < 1.29 is 14.7 Å². The number of carbonyl (C=O) groups excluding carboxylic acids is 1. The minimum atomic E-state index is -1.05. The minimum absolute atomic E-state index is 0.188. The Kier molecular flexibility index (Phi) is 3.94. The first-order valence-corrected chi connectivity index (χ1v) is 6.21. The van der Waals surface area contributed by atoms with Gasteiger partial charge in [0.05, 0.1) is 0 Å². The number of carbonyl (C=O) groups is 2. The number of nitrogens with zero attached hydrogens (tertiary/aromatic N) is 1. The zero-order chi connectivity index (χ0) is 13.8. The molecule has 1 heterocycles. The normalized spacial score (nSPS) is 21.3. The summed E-state index contributed by atoms with van der Waals surface area (Å²) in [6.07, 6.45) is 6.53. The van der Waals surface area contributed by atoms with Crippen molar-refractivity contribution in [2.24, 2.45) is 11.8 Å². The van der Waals surface area contributed by atoms with Gasteiger partial charge in [0.15, 0.2) is 0 Å². The molecule has 1 aromatic rings. The molecule has 19 heavy (non-hydrogen) atoms. The Balaban J connectivity index is 2.05. The van der Waals surface area contributed by atoms with Gasteiger partial charge < -0.3 is 10.4 Å². The van der Waals surface area contributed by atoms with Gasteiger partial charge in [-0.2, -0.15) is 0 Å². The largest absolute Gasteiger partial charge is 0.478 e. The molecule has 1 saturated carbocycles. The van der Waals surface area contributed by atoms with E-state index in [-0.39, 0.29) is 5.91 Å². The van der Waals surface area contributed by atoms with Crippen molar-refractivity contribution in [3.05, 3.63) is 35.7 Å². The summed E-state index contributed by atoms with van der Waals surface area (Å²) in [5, 5.41) is 11.5. The van der Waals surface area contributed by atoms with Crippen LogP contribution in [0.25, 0.3) is 6.08 Å². The molecular weight excluding hydrogens is 244 g/mol. The highest BCUT2D eigenvalue weighted by atomic mass is 16.4. The van der Waals surface area contributed by atoms with Gasteiger partial charge in [0.2, 0.25) is 0 Å². The maximum Gasteiger partial charge on any atom is 0.328 e. The summed E-state index contributed by atoms with van der Waals surface area (Å²) in [4.78, 5) is 26.4. The Morgan fingerprint density at radius 3 is 2.95 bits per heavy atom. The summed E-state index contributed by atoms with van der Waals surface area (Å²) in [7, 11) is 0. The zero-order valence-electron chi connectivity index (χ0n) is 10.7. The second-order valence-electron chi connectivity index (χ2n) is 4.82. The predicted octanol–water partition coefficient (Wildman–Crippen LogP) is 1.57. The van der Waals surface area contributed by atoms with Crippen LogP contribution in [-0.4, -0.2) is 28.5 Å². The molecule has 0 aromatic carbocycles. The molecule has 2 atom stereocenters. The van der Waals surface area contributed by atoms with E-state index in [1.54, 1.807) is 6.07 Å². The Bertz CT molecular complexity index is 525. The first-order chi connectivity index (χ1) is 9.08. The number of nitrogens with one attached hydrogen (secondary N) is 1. The van der Waals surface area contributed by atoms with Crippen molar-refractivity contribution in [1.82, 2.24) is 10.3 Å². The highest BCUT2D eigenvalue weighted by Gasteiger charge is 2.32. The van der Waals surface area contributed by atoms with Crippen LogP contribution in [0.1, 0.15) is 29.3 Å². The lowest BCUT2D eigenvalue weighted by Crippen LogP contribution is -2.26. The number of pyridine rings is 1. The Morgan fingerprint density at radius 1 is 1.58 bits per heavy atom. The minimum Gasteiger partial charge on any atom is -0.478 e. The molecule has 1 aromatic heterocycles. The molecule has 100 valence electrons. The number of amides is 1. The third-order valence-electron chi connectivity index (χ3n) is 3.30. The van der Waals surface area contributed by atoms with Crippen LogP contribution in [0.3, 0.4) is 0 Å². The van der Waals surface area contributed by atoms with Gasteiger partial charge in [0.25, 0.3) is 5.91 Å². The van der Waals surface area contributed by atoms with Crippen LogP contribution >= 0.6 is 0 Å². The van der Waals surface area contributed by atoms with Crippen LogP contribution in [0.15, 0.2) is 24.5 Å². The number of aromatic nitrogens is 1. The van der Waals surface area contributed by atoms with Crippen LogP contribution in [0, 0.1) is 11.8 Å². The Hall–Kier alpha value is -2.17. The molecule has 5 heteroatoms. The average Bonchev–Trinajstić information content (AvgIpc) is 3.10. The van der Waals surface area contributed by atoms with Crippen molar-refractivity contribution in [2.45, 2.75) is 13.3 Å². The molecule has 1 aliphatic carbocycles. The number of rotatable bonds is 5. The number of hydrogen-bond acceptors (Lipinski definition) is 3. The smallest absolute Gasteiger partial charge is 0.328 e. The molecule has 0 bridgehead atoms. The monoisotopic (exact) mass is 260 g/mol. The lowest BCUT2D eigenvalue weighted by atomic mass is 10.1. The fourth-order valence-corrected chi connectivity index (χ4v) is 1.91. The lowest BCUT2D eigenvalue weighted by Gasteiger charge is -2.06. The zero-order valence-corrected chi connectivity index (χ0v) is 10.7. The Morgan fingerprint density at radius 2 is 2.32 bits per heavy atom. The van der Waals surface area contributed by atoms with Gasteiger partial charge >= 0.3 is 5.97 Å². The van der Waals surface area contributed by atoms with E-state index < -0.39 is 5.97 Å². The highest BCUT2D eigenvalue weighted by molar-refractivity contribution is 5.98. The Labute approximate surface area is 111 Å². The van der Waals surface area contributed by atoms with E-state index in [1.165, 1.54) is 18.5 Å². The van der Waals surface area contributed by atoms with Gasteiger partial charge in [-0.15, -0.1) is 0 Å². The molecule has 2 N–H and O–H groups in total. The van der Waals surface area contributed by atoms with Gasteiger partial charge in [0.1, 0.15) is 0 Å². The topological polar surface area (TPSA) is 79.3 Å². The number of aliphatic carboxylic acids is 1. The maximum atomic E-state index is 12.0. The molecule has 0 radical (unpaired) electrons. The summed E-state index contributed by atoms with van der Waals surface area (Å²) >= 11 is 0. The van der Waals surface area contributed by atoms with Crippen molar-refractivity contribution in [1.29, 1.82) is 0 Å². The van der Waals surface area contributed by atoms with Crippen LogP contribution in [-0.2, 0) is 4.79 Å². The molecule has 1 fully saturated rings. The first kappa shape index (κ1) is 13.3. The standard InChI is InChI=1S/C14H16N2O3/c1-9-6-11(9)8-16-14(19)12-4-5-15-7-10(12)2-3-13(17)18/h2-5,7,9,11H,6,8H2,1H3,(H,16,19)(H,17,18)/b3-2+. The summed E-state index contributed by atoms with van der Waals surface area (Å²) in [5.74, 6) is 0.0153. The SMILES string of the molecule is CC1CC1CNC(=O)c1ccncc1/C=C/C(=O)O. The van der Waals surface area contributed by atoms with Crippen molar-refractivity contribution in [3.8, 4) is 0 Å². The van der Waals surface area contributed by atoms with Gasteiger partial charge in [-0.05, 0) is 30.4 Å². The van der Waals surface area contributed by atoms with E-state index in [0.29, 0.717) is 29.5 Å². The van der Waals surface area contributed by atoms with E-state index >= 15 is 0 Å². The fourth-order valence-electron chi connectivity index (χ4n) is 1.91. The molecule has 0 saturated heterocycles. The summed E-state index contributed by atoms with van der Waals surface area (Å²) < 4.78 is 0. The molecule has 2 unspecified atom stereocenters. The summed E-state index contributed by atoms with van der Waals surface area (Å²) in [5.41, 5.74) is 0.951. The third kappa shape index (κ3) is 3.64. The quantitative estimate of drug-likeness (QED) is 0.787.